The normalized spacial score (nSPS) is 9.17. The molecule has 12 heavy (non-hydrogen) atoms. The van der Waals surface area contributed by atoms with Gasteiger partial charge in [0.2, 0.25) is 0 Å². The average Bonchev–Trinajstić information content (AvgIpc) is 2.04. The lowest BCUT2D eigenvalue weighted by molar-refractivity contribution is 0.392. The Balaban J connectivity index is 2.89. The lowest BCUT2D eigenvalue weighted by Gasteiger charge is -2.07. The van der Waals surface area contributed by atoms with Crippen LogP contribution in [-0.4, -0.2) is 12.2 Å². The third kappa shape index (κ3) is 2.20. The molecule has 0 saturated heterocycles. The number of ether oxygens (including phenoxy) is 2. The Morgan fingerprint density at radius 3 is 2.33 bits per heavy atom. The fourth-order valence-corrected chi connectivity index (χ4v) is 0.948. The number of thiocarbonyl (C=S) groups is 1. The number of hydrogen-bond donors (Lipinski definition) is 0. The lowest BCUT2D eigenvalue weighted by Crippen LogP contribution is -2.00. The maximum absolute atomic E-state index is 5.24. The van der Waals surface area contributed by atoms with Crippen LogP contribution in [-0.2, 0) is 0 Å². The van der Waals surface area contributed by atoms with Gasteiger partial charge < -0.3 is 9.47 Å². The van der Waals surface area contributed by atoms with Crippen LogP contribution in [0.4, 0.5) is 0 Å². The van der Waals surface area contributed by atoms with Gasteiger partial charge in [-0.3, -0.25) is 0 Å². The van der Waals surface area contributed by atoms with E-state index in [2.05, 4.69) is 0 Å². The summed E-state index contributed by atoms with van der Waals surface area (Å²) in [6.45, 7) is 1.72. The lowest BCUT2D eigenvalue weighted by atomic mass is 10.3. The molecule has 1 aromatic rings. The highest BCUT2D eigenvalue weighted by molar-refractivity contribution is 7.80. The first-order chi connectivity index (χ1) is 5.74. The molecule has 3 heteroatoms. The molecule has 0 radical (unpaired) electrons. The van der Waals surface area contributed by atoms with E-state index in [4.69, 9.17) is 21.7 Å². The monoisotopic (exact) mass is 182 g/mol. The molecule has 1 rings (SSSR count). The van der Waals surface area contributed by atoms with Crippen molar-refractivity contribution in [2.45, 2.75) is 6.92 Å². The van der Waals surface area contributed by atoms with Gasteiger partial charge in [-0.05, 0) is 24.4 Å². The summed E-state index contributed by atoms with van der Waals surface area (Å²) in [7, 11) is 1.60. The maximum atomic E-state index is 5.24. The Bertz CT molecular complexity index is 284. The number of rotatable bonds is 2. The van der Waals surface area contributed by atoms with Gasteiger partial charge in [0.15, 0.2) is 16.5 Å². The first-order valence-corrected chi connectivity index (χ1v) is 3.96. The summed E-state index contributed by atoms with van der Waals surface area (Å²) in [6.07, 6.45) is 0. The second kappa shape index (κ2) is 4.07. The Morgan fingerprint density at radius 1 is 1.25 bits per heavy atom. The van der Waals surface area contributed by atoms with Crippen LogP contribution in [0.2, 0.25) is 0 Å². The van der Waals surface area contributed by atoms with Crippen LogP contribution in [0.15, 0.2) is 24.3 Å². The highest BCUT2D eigenvalue weighted by Crippen LogP contribution is 2.25. The number of hydrogen-bond acceptors (Lipinski definition) is 3. The van der Waals surface area contributed by atoms with Crippen molar-refractivity contribution in [3.8, 4) is 11.5 Å². The van der Waals surface area contributed by atoms with Gasteiger partial charge in [-0.1, -0.05) is 12.1 Å². The predicted molar refractivity (Wildman–Crippen MR) is 51.9 cm³/mol. The first kappa shape index (κ1) is 9.00. The van der Waals surface area contributed by atoms with Gasteiger partial charge in [-0.25, -0.2) is 0 Å². The van der Waals surface area contributed by atoms with Crippen molar-refractivity contribution in [1.29, 1.82) is 0 Å². The predicted octanol–water partition coefficient (Wildman–Crippen LogP) is 2.42. The van der Waals surface area contributed by atoms with Crippen molar-refractivity contribution in [1.82, 2.24) is 0 Å². The van der Waals surface area contributed by atoms with Gasteiger partial charge in [0, 0.05) is 6.92 Å². The van der Waals surface area contributed by atoms with Crippen LogP contribution >= 0.6 is 12.2 Å². The fraction of sp³-hybridized carbons (Fsp3) is 0.222. The molecule has 0 fully saturated rings. The van der Waals surface area contributed by atoms with Crippen LogP contribution < -0.4 is 9.47 Å². The van der Waals surface area contributed by atoms with Crippen LogP contribution in [0.25, 0.3) is 0 Å². The van der Waals surface area contributed by atoms with Crippen molar-refractivity contribution >= 4 is 17.3 Å². The zero-order valence-corrected chi connectivity index (χ0v) is 7.85. The number of methoxy groups -OCH3 is 1. The van der Waals surface area contributed by atoms with Gasteiger partial charge in [0.25, 0.3) is 0 Å². The van der Waals surface area contributed by atoms with Gasteiger partial charge in [0.05, 0.1) is 7.11 Å². The molecule has 0 aliphatic rings. The molecule has 0 amide bonds. The summed E-state index contributed by atoms with van der Waals surface area (Å²) in [5.41, 5.74) is 0. The molecule has 0 unspecified atom stereocenters. The molecule has 1 aromatic carbocycles. The SMILES string of the molecule is COc1ccccc1OC(C)=S. The Hall–Kier alpha value is -1.09. The maximum Gasteiger partial charge on any atom is 0.170 e. The van der Waals surface area contributed by atoms with Crippen molar-refractivity contribution in [2.75, 3.05) is 7.11 Å². The summed E-state index contributed by atoms with van der Waals surface area (Å²) >= 11 is 4.81. The minimum atomic E-state index is 0.486. The van der Waals surface area contributed by atoms with E-state index in [0.717, 1.165) is 0 Å². The fourth-order valence-electron chi connectivity index (χ4n) is 0.858. The molecule has 0 saturated carbocycles. The molecule has 0 aromatic heterocycles. The Labute approximate surface area is 77.1 Å². The van der Waals surface area contributed by atoms with Crippen LogP contribution in [0.3, 0.4) is 0 Å². The highest BCUT2D eigenvalue weighted by atomic mass is 32.1. The standard InChI is InChI=1S/C9H10O2S/c1-7(12)11-9-6-4-3-5-8(9)10-2/h3-6H,1-2H3. The first-order valence-electron chi connectivity index (χ1n) is 3.55. The second-order valence-corrected chi connectivity index (χ2v) is 2.82. The molecule has 2 nitrogen and oxygen atoms in total. The zero-order chi connectivity index (χ0) is 8.97. The summed E-state index contributed by atoms with van der Waals surface area (Å²) in [5.74, 6) is 1.36. The topological polar surface area (TPSA) is 18.5 Å². The van der Waals surface area contributed by atoms with E-state index in [1.165, 1.54) is 0 Å². The second-order valence-electron chi connectivity index (χ2n) is 2.24. The van der Waals surface area contributed by atoms with Gasteiger partial charge in [0.1, 0.15) is 0 Å². The molecule has 0 heterocycles. The van der Waals surface area contributed by atoms with Crippen molar-refractivity contribution < 1.29 is 9.47 Å². The van der Waals surface area contributed by atoms with Crippen LogP contribution in [0.5, 0.6) is 11.5 Å². The van der Waals surface area contributed by atoms with E-state index in [1.807, 2.05) is 24.3 Å². The van der Waals surface area contributed by atoms with E-state index in [9.17, 15) is 0 Å². The summed E-state index contributed by atoms with van der Waals surface area (Å²) in [4.78, 5) is 0. The quantitative estimate of drug-likeness (QED) is 0.654. The molecule has 0 atom stereocenters. The Kier molecular flexibility index (Phi) is 3.05. The molecule has 64 valence electrons. The summed E-state index contributed by atoms with van der Waals surface area (Å²) in [6, 6.07) is 7.39. The molecule has 0 spiro atoms. The van der Waals surface area contributed by atoms with Crippen LogP contribution in [0, 0.1) is 0 Å². The largest absolute Gasteiger partial charge is 0.493 e. The van der Waals surface area contributed by atoms with Crippen molar-refractivity contribution in [3.63, 3.8) is 0 Å². The van der Waals surface area contributed by atoms with E-state index in [1.54, 1.807) is 14.0 Å². The number of benzene rings is 1. The molecule has 0 aliphatic carbocycles. The smallest absolute Gasteiger partial charge is 0.170 e. The number of para-hydroxylation sites is 2. The zero-order valence-electron chi connectivity index (χ0n) is 7.03. The highest BCUT2D eigenvalue weighted by Gasteiger charge is 2.01. The average molecular weight is 182 g/mol. The van der Waals surface area contributed by atoms with E-state index in [-0.39, 0.29) is 0 Å². The van der Waals surface area contributed by atoms with Gasteiger partial charge in [-0.2, -0.15) is 0 Å². The van der Waals surface area contributed by atoms with Crippen LogP contribution in [0.1, 0.15) is 6.92 Å². The van der Waals surface area contributed by atoms with Gasteiger partial charge in [-0.15, -0.1) is 0 Å². The van der Waals surface area contributed by atoms with Crippen molar-refractivity contribution in [3.05, 3.63) is 24.3 Å². The summed E-state index contributed by atoms with van der Waals surface area (Å²) < 4.78 is 10.3. The molecular weight excluding hydrogens is 172 g/mol. The van der Waals surface area contributed by atoms with E-state index in [0.29, 0.717) is 16.5 Å². The molecule has 0 N–H and O–H groups in total. The van der Waals surface area contributed by atoms with Gasteiger partial charge >= 0.3 is 0 Å². The Morgan fingerprint density at radius 2 is 1.83 bits per heavy atom. The summed E-state index contributed by atoms with van der Waals surface area (Å²) in [5, 5.41) is 0.486. The van der Waals surface area contributed by atoms with Crippen molar-refractivity contribution in [2.24, 2.45) is 0 Å². The third-order valence-electron chi connectivity index (χ3n) is 1.32. The third-order valence-corrected chi connectivity index (χ3v) is 1.41. The molecule has 0 bridgehead atoms. The minimum Gasteiger partial charge on any atom is -0.493 e. The van der Waals surface area contributed by atoms with E-state index < -0.39 is 0 Å². The molecular formula is C9H10O2S. The minimum absolute atomic E-state index is 0.486. The molecule has 0 aliphatic heterocycles. The van der Waals surface area contributed by atoms with E-state index >= 15 is 0 Å².